The summed E-state index contributed by atoms with van der Waals surface area (Å²) in [5.74, 6) is 1.30. The van der Waals surface area contributed by atoms with Crippen LogP contribution in [0.3, 0.4) is 0 Å². The smallest absolute Gasteiger partial charge is 0.220 e. The van der Waals surface area contributed by atoms with E-state index in [0.717, 1.165) is 24.6 Å². The Morgan fingerprint density at radius 1 is 1.21 bits per heavy atom. The zero-order valence-corrected chi connectivity index (χ0v) is 19.7. The lowest BCUT2D eigenvalue weighted by Gasteiger charge is -2.35. The fraction of sp³-hybridized carbons (Fsp3) is 0.588. The van der Waals surface area contributed by atoms with Gasteiger partial charge in [0.05, 0.1) is 11.4 Å². The van der Waals surface area contributed by atoms with E-state index >= 15 is 0 Å². The van der Waals surface area contributed by atoms with E-state index < -0.39 is 10.0 Å². The predicted octanol–water partition coefficient (Wildman–Crippen LogP) is 1.46. The van der Waals surface area contributed by atoms with Gasteiger partial charge in [-0.2, -0.15) is 4.31 Å². The highest BCUT2D eigenvalue weighted by molar-refractivity contribution is 14.0. The summed E-state index contributed by atoms with van der Waals surface area (Å²) in [5, 5.41) is 10.9. The van der Waals surface area contributed by atoms with E-state index in [0.29, 0.717) is 44.2 Å². The molecule has 0 atom stereocenters. The molecule has 0 amide bonds. The summed E-state index contributed by atoms with van der Waals surface area (Å²) in [5.41, 5.74) is 1.32. The molecule has 1 aliphatic rings. The lowest BCUT2D eigenvalue weighted by molar-refractivity contribution is 0.259. The molecule has 0 aromatic carbocycles. The molecule has 0 bridgehead atoms. The van der Waals surface area contributed by atoms with Crippen LogP contribution in [0.1, 0.15) is 31.0 Å². The van der Waals surface area contributed by atoms with Gasteiger partial charge in [-0.3, -0.25) is 0 Å². The zero-order valence-electron chi connectivity index (χ0n) is 16.6. The summed E-state index contributed by atoms with van der Waals surface area (Å²) < 4.78 is 36.6. The van der Waals surface area contributed by atoms with Crippen LogP contribution in [-0.4, -0.2) is 66.6 Å². The molecule has 1 fully saturated rings. The van der Waals surface area contributed by atoms with Gasteiger partial charge in [-0.15, -0.1) is 24.0 Å². The molecule has 1 N–H and O–H groups in total. The van der Waals surface area contributed by atoms with E-state index in [9.17, 15) is 8.42 Å². The van der Waals surface area contributed by atoms with Gasteiger partial charge in [0.2, 0.25) is 10.0 Å². The van der Waals surface area contributed by atoms with Gasteiger partial charge in [0.25, 0.3) is 0 Å². The first-order chi connectivity index (χ1) is 13.5. The van der Waals surface area contributed by atoms with Crippen LogP contribution in [0.25, 0.3) is 0 Å². The summed E-state index contributed by atoms with van der Waals surface area (Å²) in [4.78, 5) is 6.67. The fourth-order valence-corrected chi connectivity index (χ4v) is 4.37. The lowest BCUT2D eigenvalue weighted by Crippen LogP contribution is -2.53. The van der Waals surface area contributed by atoms with Crippen molar-refractivity contribution in [3.8, 4) is 0 Å². The van der Waals surface area contributed by atoms with Gasteiger partial charge < -0.3 is 19.3 Å². The minimum absolute atomic E-state index is 0. The molecule has 0 unspecified atom stereocenters. The highest BCUT2D eigenvalue weighted by atomic mass is 127. The molecule has 29 heavy (non-hydrogen) atoms. The standard InChI is InChI=1S/C17H26N6O4S.HI/c1-3-14-11-16(27-21-14)12-19-17(18-4-2)22-6-8-23(9-7-22)28(24,25)13-15-5-10-26-20-15;/h5,10-11H,3-4,6-9,12-13H2,1-2H3,(H,18,19);1H. The maximum atomic E-state index is 12.6. The molecular formula is C17H27IN6O4S. The number of piperazine rings is 1. The van der Waals surface area contributed by atoms with E-state index in [4.69, 9.17) is 9.05 Å². The molecule has 0 aliphatic carbocycles. The number of sulfonamides is 1. The number of rotatable bonds is 7. The van der Waals surface area contributed by atoms with E-state index in [1.807, 2.05) is 19.9 Å². The van der Waals surface area contributed by atoms with Crippen molar-refractivity contribution in [2.24, 2.45) is 4.99 Å². The van der Waals surface area contributed by atoms with Gasteiger partial charge in [0, 0.05) is 44.9 Å². The second-order valence-electron chi connectivity index (χ2n) is 6.44. The van der Waals surface area contributed by atoms with Crippen molar-refractivity contribution in [1.29, 1.82) is 0 Å². The Labute approximate surface area is 187 Å². The summed E-state index contributed by atoms with van der Waals surface area (Å²) in [6, 6.07) is 3.47. The molecule has 3 rings (SSSR count). The highest BCUT2D eigenvalue weighted by Crippen LogP contribution is 2.13. The van der Waals surface area contributed by atoms with Crippen molar-refractivity contribution < 1.29 is 17.5 Å². The summed E-state index contributed by atoms with van der Waals surface area (Å²) in [7, 11) is -3.42. The monoisotopic (exact) mass is 538 g/mol. The van der Waals surface area contributed by atoms with Gasteiger partial charge in [0.1, 0.15) is 18.6 Å². The molecule has 0 spiro atoms. The molecule has 3 heterocycles. The first-order valence-electron chi connectivity index (χ1n) is 9.36. The average Bonchev–Trinajstić information content (AvgIpc) is 3.36. The first kappa shape index (κ1) is 23.6. The number of aliphatic imine (C=N–C) groups is 1. The molecular weight excluding hydrogens is 511 g/mol. The van der Waals surface area contributed by atoms with Crippen molar-refractivity contribution in [3.05, 3.63) is 35.5 Å². The Kier molecular flexibility index (Phi) is 8.89. The Hall–Kier alpha value is -1.67. The van der Waals surface area contributed by atoms with Crippen molar-refractivity contribution in [2.75, 3.05) is 32.7 Å². The van der Waals surface area contributed by atoms with Gasteiger partial charge in [-0.25, -0.2) is 13.4 Å². The van der Waals surface area contributed by atoms with Crippen LogP contribution in [0.4, 0.5) is 0 Å². The molecule has 2 aromatic rings. The minimum Gasteiger partial charge on any atom is -0.364 e. The van der Waals surface area contributed by atoms with E-state index in [1.54, 1.807) is 6.07 Å². The predicted molar refractivity (Wildman–Crippen MR) is 118 cm³/mol. The average molecular weight is 538 g/mol. The number of nitrogens with zero attached hydrogens (tertiary/aromatic N) is 5. The summed E-state index contributed by atoms with van der Waals surface area (Å²) in [6.45, 7) is 7.03. The molecule has 1 saturated heterocycles. The third kappa shape index (κ3) is 6.40. The third-order valence-corrected chi connectivity index (χ3v) is 6.26. The number of aryl methyl sites for hydroxylation is 1. The highest BCUT2D eigenvalue weighted by Gasteiger charge is 2.29. The number of aromatic nitrogens is 2. The SMILES string of the molecule is CCNC(=NCc1cc(CC)no1)N1CCN(S(=O)(=O)Cc2ccon2)CC1.I. The van der Waals surface area contributed by atoms with Crippen molar-refractivity contribution >= 4 is 40.0 Å². The van der Waals surface area contributed by atoms with Crippen molar-refractivity contribution in [3.63, 3.8) is 0 Å². The normalized spacial score (nSPS) is 15.9. The van der Waals surface area contributed by atoms with Gasteiger partial charge >= 0.3 is 0 Å². The maximum absolute atomic E-state index is 12.6. The fourth-order valence-electron chi connectivity index (χ4n) is 2.94. The number of nitrogens with one attached hydrogen (secondary N) is 1. The Bertz CT molecular complexity index is 876. The second-order valence-corrected chi connectivity index (χ2v) is 8.41. The lowest BCUT2D eigenvalue weighted by atomic mass is 10.3. The number of hydrogen-bond acceptors (Lipinski definition) is 7. The van der Waals surface area contributed by atoms with Crippen LogP contribution in [-0.2, 0) is 28.7 Å². The topological polar surface area (TPSA) is 117 Å². The Morgan fingerprint density at radius 2 is 1.97 bits per heavy atom. The van der Waals surface area contributed by atoms with Crippen LogP contribution >= 0.6 is 24.0 Å². The summed E-state index contributed by atoms with van der Waals surface area (Å²) >= 11 is 0. The van der Waals surface area contributed by atoms with Gasteiger partial charge in [-0.05, 0) is 13.3 Å². The van der Waals surface area contributed by atoms with E-state index in [2.05, 4.69) is 25.5 Å². The van der Waals surface area contributed by atoms with Crippen LogP contribution in [0, 0.1) is 0 Å². The Morgan fingerprint density at radius 3 is 2.55 bits per heavy atom. The molecule has 162 valence electrons. The van der Waals surface area contributed by atoms with Crippen LogP contribution in [0.15, 0.2) is 32.4 Å². The molecule has 0 saturated carbocycles. The molecule has 1 aliphatic heterocycles. The zero-order chi connectivity index (χ0) is 20.0. The van der Waals surface area contributed by atoms with Crippen LogP contribution in [0.2, 0.25) is 0 Å². The van der Waals surface area contributed by atoms with Crippen molar-refractivity contribution in [1.82, 2.24) is 24.8 Å². The Balaban J connectivity index is 0.00000300. The quantitative estimate of drug-likeness (QED) is 0.320. The molecule has 10 nitrogen and oxygen atoms in total. The molecule has 12 heteroatoms. The number of hydrogen-bond donors (Lipinski definition) is 1. The van der Waals surface area contributed by atoms with E-state index in [-0.39, 0.29) is 29.7 Å². The van der Waals surface area contributed by atoms with Gasteiger partial charge in [-0.1, -0.05) is 17.2 Å². The van der Waals surface area contributed by atoms with Crippen LogP contribution in [0.5, 0.6) is 0 Å². The van der Waals surface area contributed by atoms with E-state index in [1.165, 1.54) is 10.6 Å². The molecule has 2 aromatic heterocycles. The second kappa shape index (κ2) is 10.9. The summed E-state index contributed by atoms with van der Waals surface area (Å²) in [6.07, 6.45) is 2.19. The van der Waals surface area contributed by atoms with Crippen molar-refractivity contribution in [2.45, 2.75) is 32.6 Å². The maximum Gasteiger partial charge on any atom is 0.220 e. The minimum atomic E-state index is -3.42. The first-order valence-corrected chi connectivity index (χ1v) is 11.0. The van der Waals surface area contributed by atoms with Gasteiger partial charge in [0.15, 0.2) is 11.7 Å². The van der Waals surface area contributed by atoms with Crippen LogP contribution < -0.4 is 5.32 Å². The third-order valence-electron chi connectivity index (χ3n) is 4.44. The number of halogens is 1. The largest absolute Gasteiger partial charge is 0.364 e. The number of guanidine groups is 1. The molecule has 0 radical (unpaired) electrons.